The van der Waals surface area contributed by atoms with Crippen LogP contribution in [0.5, 0.6) is 0 Å². The van der Waals surface area contributed by atoms with E-state index in [4.69, 9.17) is 14.6 Å². The summed E-state index contributed by atoms with van der Waals surface area (Å²) in [6.07, 6.45) is 19.5. The molecular weight excluding hydrogens is 534 g/mol. The van der Waals surface area contributed by atoms with E-state index in [1.54, 1.807) is 23.9 Å². The van der Waals surface area contributed by atoms with Crippen LogP contribution in [0.15, 0.2) is 52.3 Å². The summed E-state index contributed by atoms with van der Waals surface area (Å²) in [6, 6.07) is -0.0257. The second-order valence-electron chi connectivity index (χ2n) is 10.2. The predicted molar refractivity (Wildman–Crippen MR) is 162 cm³/mol. The number of nitrogens with one attached hydrogen (secondary N) is 2. The highest BCUT2D eigenvalue weighted by atomic mass is 32.1. The van der Waals surface area contributed by atoms with Crippen molar-refractivity contribution >= 4 is 72.2 Å². The third kappa shape index (κ3) is 3.53. The topological polar surface area (TPSA) is 128 Å². The van der Waals surface area contributed by atoms with E-state index < -0.39 is 0 Å². The van der Waals surface area contributed by atoms with Crippen molar-refractivity contribution in [1.82, 2.24) is 30.6 Å². The lowest BCUT2D eigenvalue weighted by Crippen LogP contribution is -2.21. The molecule has 2 aliphatic rings. The zero-order chi connectivity index (χ0) is 27.7. The van der Waals surface area contributed by atoms with Crippen molar-refractivity contribution < 1.29 is 8.83 Å². The standard InChI is InChI=1S/C31H25N7O2S/c1-3-26-16(4-5-32)18-7-25(38-15(2)28(18)39-26)22-11-33-8-19-17-6-24(36-13-27(17)40-29(19)22)23-12-34-9-20-21-10-35-14-37-31(21)41-30(20)23/h4-12,14-15,36,38H,3,13,32H2,1-2H3/b5-4-. The number of hydrogen-bond acceptors (Lipinski definition) is 10. The van der Waals surface area contributed by atoms with Crippen LogP contribution < -0.4 is 16.4 Å². The van der Waals surface area contributed by atoms with Crippen LogP contribution >= 0.6 is 11.3 Å². The van der Waals surface area contributed by atoms with Gasteiger partial charge in [-0.3, -0.25) is 9.97 Å². The zero-order valence-corrected chi connectivity index (χ0v) is 23.2. The average Bonchev–Trinajstić information content (AvgIpc) is 3.68. The van der Waals surface area contributed by atoms with Crippen molar-refractivity contribution in [2.45, 2.75) is 32.9 Å². The molecule has 1 unspecified atom stereocenters. The van der Waals surface area contributed by atoms with Crippen LogP contribution in [0.25, 0.3) is 60.9 Å². The van der Waals surface area contributed by atoms with Crippen molar-refractivity contribution in [3.8, 4) is 0 Å². The van der Waals surface area contributed by atoms with E-state index in [9.17, 15) is 0 Å². The second-order valence-corrected chi connectivity index (χ2v) is 11.2. The molecule has 0 aromatic carbocycles. The fraction of sp³-hybridized carbons (Fsp3) is 0.161. The number of fused-ring (bicyclic) bond motifs is 7. The van der Waals surface area contributed by atoms with Gasteiger partial charge in [-0.25, -0.2) is 9.97 Å². The number of furan rings is 2. The summed E-state index contributed by atoms with van der Waals surface area (Å²) in [7, 11) is 0. The monoisotopic (exact) mass is 559 g/mol. The van der Waals surface area contributed by atoms with Crippen LogP contribution in [0.4, 0.5) is 0 Å². The molecule has 41 heavy (non-hydrogen) atoms. The average molecular weight is 560 g/mol. The van der Waals surface area contributed by atoms with Crippen molar-refractivity contribution in [3.05, 3.63) is 88.6 Å². The Bertz CT molecular complexity index is 2110. The molecule has 8 rings (SSSR count). The summed E-state index contributed by atoms with van der Waals surface area (Å²) >= 11 is 1.65. The van der Waals surface area contributed by atoms with E-state index in [0.29, 0.717) is 6.54 Å². The van der Waals surface area contributed by atoms with Crippen molar-refractivity contribution in [3.63, 3.8) is 0 Å². The van der Waals surface area contributed by atoms with Crippen LogP contribution in [0.2, 0.25) is 0 Å². The summed E-state index contributed by atoms with van der Waals surface area (Å²) in [5, 5.41) is 10.2. The van der Waals surface area contributed by atoms with Gasteiger partial charge in [-0.1, -0.05) is 6.92 Å². The predicted octanol–water partition coefficient (Wildman–Crippen LogP) is 6.23. The molecule has 6 aromatic rings. The molecule has 0 aliphatic carbocycles. The smallest absolute Gasteiger partial charge is 0.147 e. The lowest BCUT2D eigenvalue weighted by Gasteiger charge is -2.22. The number of nitrogens with zero attached hydrogens (tertiary/aromatic N) is 4. The lowest BCUT2D eigenvalue weighted by molar-refractivity contribution is 0.428. The van der Waals surface area contributed by atoms with Gasteiger partial charge in [0.1, 0.15) is 34.0 Å². The van der Waals surface area contributed by atoms with Gasteiger partial charge in [0.25, 0.3) is 0 Å². The molecular formula is C31H25N7O2S. The van der Waals surface area contributed by atoms with Gasteiger partial charge in [-0.2, -0.15) is 0 Å². The highest BCUT2D eigenvalue weighted by Crippen LogP contribution is 2.42. The number of thiophene rings is 1. The minimum Gasteiger partial charge on any atom is -0.463 e. The Labute approximate surface area is 238 Å². The molecule has 202 valence electrons. The van der Waals surface area contributed by atoms with Gasteiger partial charge in [0.15, 0.2) is 0 Å². The Balaban J connectivity index is 1.26. The highest BCUT2D eigenvalue weighted by molar-refractivity contribution is 7.25. The van der Waals surface area contributed by atoms with Gasteiger partial charge >= 0.3 is 0 Å². The molecule has 0 fully saturated rings. The quantitative estimate of drug-likeness (QED) is 0.230. The molecule has 0 spiro atoms. The number of nitrogens with two attached hydrogens (primary N) is 1. The Morgan fingerprint density at radius 2 is 1.78 bits per heavy atom. The molecule has 0 bridgehead atoms. The first-order valence-corrected chi connectivity index (χ1v) is 14.3. The molecule has 0 saturated carbocycles. The Morgan fingerprint density at radius 3 is 2.63 bits per heavy atom. The van der Waals surface area contributed by atoms with Crippen LogP contribution in [0.1, 0.15) is 65.0 Å². The number of aromatic nitrogens is 4. The molecule has 0 amide bonds. The summed E-state index contributed by atoms with van der Waals surface area (Å²) < 4.78 is 13.8. The van der Waals surface area contributed by atoms with Crippen LogP contribution in [-0.2, 0) is 13.0 Å². The molecule has 8 heterocycles. The molecule has 10 heteroatoms. The second kappa shape index (κ2) is 9.03. The van der Waals surface area contributed by atoms with E-state index >= 15 is 0 Å². The summed E-state index contributed by atoms with van der Waals surface area (Å²) in [5.41, 5.74) is 13.5. The number of aryl methyl sites for hydroxylation is 1. The highest BCUT2D eigenvalue weighted by Gasteiger charge is 2.29. The van der Waals surface area contributed by atoms with E-state index in [2.05, 4.69) is 56.6 Å². The van der Waals surface area contributed by atoms with Gasteiger partial charge in [0.05, 0.1) is 18.2 Å². The minimum absolute atomic E-state index is 0.0257. The van der Waals surface area contributed by atoms with Crippen molar-refractivity contribution in [2.75, 3.05) is 0 Å². The first-order chi connectivity index (χ1) is 20.1. The van der Waals surface area contributed by atoms with E-state index in [1.165, 1.54) is 0 Å². The third-order valence-corrected chi connectivity index (χ3v) is 8.97. The maximum atomic E-state index is 6.51. The van der Waals surface area contributed by atoms with Crippen LogP contribution in [0.3, 0.4) is 0 Å². The molecule has 2 aliphatic heterocycles. The zero-order valence-electron chi connectivity index (χ0n) is 22.4. The maximum absolute atomic E-state index is 6.51. The van der Waals surface area contributed by atoms with E-state index in [-0.39, 0.29) is 6.04 Å². The van der Waals surface area contributed by atoms with Crippen molar-refractivity contribution in [2.24, 2.45) is 5.73 Å². The summed E-state index contributed by atoms with van der Waals surface area (Å²) in [4.78, 5) is 18.8. The maximum Gasteiger partial charge on any atom is 0.147 e. The number of hydrogen-bond donors (Lipinski definition) is 3. The van der Waals surface area contributed by atoms with E-state index in [0.717, 1.165) is 94.2 Å². The molecule has 6 aromatic heterocycles. The molecule has 4 N–H and O–H groups in total. The van der Waals surface area contributed by atoms with Crippen LogP contribution in [-0.4, -0.2) is 19.9 Å². The minimum atomic E-state index is -0.0257. The Hall–Kier alpha value is -4.96. The normalized spacial score (nSPS) is 16.5. The first-order valence-electron chi connectivity index (χ1n) is 13.5. The van der Waals surface area contributed by atoms with Gasteiger partial charge in [0, 0.05) is 91.9 Å². The first kappa shape index (κ1) is 23.9. The SMILES string of the molecule is CCc1oc2c(c1/C=C\N)C=C(c1cncc3c4c(oc13)CNC(c1cncc3c1sc1ncncc13)=C4)NC2C. The third-order valence-electron chi connectivity index (χ3n) is 7.81. The lowest BCUT2D eigenvalue weighted by atomic mass is 9.97. The van der Waals surface area contributed by atoms with Gasteiger partial charge in [-0.05, 0) is 31.4 Å². The fourth-order valence-corrected chi connectivity index (χ4v) is 7.02. The van der Waals surface area contributed by atoms with Crippen molar-refractivity contribution in [1.29, 1.82) is 0 Å². The summed E-state index contributed by atoms with van der Waals surface area (Å²) in [5.74, 6) is 2.70. The van der Waals surface area contributed by atoms with Gasteiger partial charge in [0.2, 0.25) is 0 Å². The Morgan fingerprint density at radius 1 is 0.976 bits per heavy atom. The summed E-state index contributed by atoms with van der Waals surface area (Å²) in [6.45, 7) is 4.73. The number of rotatable bonds is 4. The van der Waals surface area contributed by atoms with Crippen LogP contribution in [0, 0.1) is 0 Å². The fourth-order valence-electron chi connectivity index (χ4n) is 5.91. The molecule has 9 nitrogen and oxygen atoms in total. The molecule has 0 saturated heterocycles. The largest absolute Gasteiger partial charge is 0.463 e. The number of pyridine rings is 2. The van der Waals surface area contributed by atoms with Gasteiger partial charge < -0.3 is 25.2 Å². The van der Waals surface area contributed by atoms with Gasteiger partial charge in [-0.15, -0.1) is 11.3 Å². The molecule has 1 atom stereocenters. The Kier molecular flexibility index (Phi) is 5.26. The van der Waals surface area contributed by atoms with E-state index in [1.807, 2.05) is 37.1 Å². The molecule has 0 radical (unpaired) electrons.